The maximum atomic E-state index is 11.9. The Balaban J connectivity index is 2.43. The largest absolute Gasteiger partial charge is 0.465 e. The van der Waals surface area contributed by atoms with Crippen molar-refractivity contribution in [2.24, 2.45) is 0 Å². The molecule has 19 heavy (non-hydrogen) atoms. The number of benzene rings is 2. The van der Waals surface area contributed by atoms with Gasteiger partial charge in [-0.2, -0.15) is 0 Å². The highest BCUT2D eigenvalue weighted by molar-refractivity contribution is 14.1. The van der Waals surface area contributed by atoms with Crippen LogP contribution in [0, 0.1) is 3.57 Å². The quantitative estimate of drug-likeness (QED) is 0.375. The van der Waals surface area contributed by atoms with Gasteiger partial charge in [0.15, 0.2) is 0 Å². The molecular formula is C15H10INO2. The van der Waals surface area contributed by atoms with E-state index in [-0.39, 0.29) is 5.97 Å². The Morgan fingerprint density at radius 1 is 1.16 bits per heavy atom. The summed E-state index contributed by atoms with van der Waals surface area (Å²) in [6.45, 7) is 0. The summed E-state index contributed by atoms with van der Waals surface area (Å²) in [5.74, 6) is -0.355. The molecule has 0 amide bonds. The Bertz CT molecular complexity index is 799. The van der Waals surface area contributed by atoms with Crippen LogP contribution in [0.25, 0.3) is 21.8 Å². The molecule has 0 bridgehead atoms. The lowest BCUT2D eigenvalue weighted by Gasteiger charge is -2.07. The third-order valence-electron chi connectivity index (χ3n) is 2.99. The van der Waals surface area contributed by atoms with Crippen LogP contribution >= 0.6 is 22.6 Å². The second kappa shape index (κ2) is 4.77. The van der Waals surface area contributed by atoms with Crippen molar-refractivity contribution in [2.75, 3.05) is 7.11 Å². The predicted octanol–water partition coefficient (Wildman–Crippen LogP) is 3.78. The highest BCUT2D eigenvalue weighted by atomic mass is 127. The molecule has 0 aliphatic rings. The molecule has 0 spiro atoms. The fourth-order valence-corrected chi connectivity index (χ4v) is 2.77. The van der Waals surface area contributed by atoms with Crippen LogP contribution in [-0.2, 0) is 4.74 Å². The number of esters is 1. The molecule has 0 saturated carbocycles. The molecule has 3 rings (SSSR count). The Morgan fingerprint density at radius 2 is 1.95 bits per heavy atom. The summed E-state index contributed by atoms with van der Waals surface area (Å²) in [7, 11) is 1.38. The Morgan fingerprint density at radius 3 is 2.74 bits per heavy atom. The standard InChI is InChI=1S/C15H10INO2/c1-19-15(18)12-8-11(16)7-10-6-9-4-2-3-5-13(9)17-14(10)12/h2-8H,1H3. The van der Waals surface area contributed by atoms with Gasteiger partial charge in [0.25, 0.3) is 0 Å². The fraction of sp³-hybridized carbons (Fsp3) is 0.0667. The predicted molar refractivity (Wildman–Crippen MR) is 83.3 cm³/mol. The number of carbonyl (C=O) groups is 1. The van der Waals surface area contributed by atoms with E-state index in [1.54, 1.807) is 6.07 Å². The maximum Gasteiger partial charge on any atom is 0.340 e. The molecule has 0 aliphatic heterocycles. The van der Waals surface area contributed by atoms with Gasteiger partial charge in [0.05, 0.1) is 23.7 Å². The molecule has 94 valence electrons. The van der Waals surface area contributed by atoms with Gasteiger partial charge in [-0.05, 0) is 46.9 Å². The molecule has 0 fully saturated rings. The van der Waals surface area contributed by atoms with Crippen molar-refractivity contribution in [3.05, 3.63) is 51.6 Å². The van der Waals surface area contributed by atoms with Crippen LogP contribution in [0.1, 0.15) is 10.4 Å². The van der Waals surface area contributed by atoms with Crippen LogP contribution in [0.15, 0.2) is 42.5 Å². The number of aromatic nitrogens is 1. The van der Waals surface area contributed by atoms with Gasteiger partial charge < -0.3 is 4.74 Å². The Kier molecular flexibility index (Phi) is 3.10. The summed E-state index contributed by atoms with van der Waals surface area (Å²) in [4.78, 5) is 16.4. The lowest BCUT2D eigenvalue weighted by atomic mass is 10.1. The number of ether oxygens (including phenoxy) is 1. The minimum atomic E-state index is -0.355. The van der Waals surface area contributed by atoms with Gasteiger partial charge in [0, 0.05) is 14.3 Å². The van der Waals surface area contributed by atoms with Crippen molar-refractivity contribution < 1.29 is 9.53 Å². The molecular weight excluding hydrogens is 353 g/mol. The molecule has 3 aromatic rings. The van der Waals surface area contributed by atoms with Gasteiger partial charge in [0.1, 0.15) is 0 Å². The summed E-state index contributed by atoms with van der Waals surface area (Å²) in [6.07, 6.45) is 0. The number of halogens is 1. The van der Waals surface area contributed by atoms with Crippen molar-refractivity contribution in [2.45, 2.75) is 0 Å². The minimum Gasteiger partial charge on any atom is -0.465 e. The van der Waals surface area contributed by atoms with E-state index in [0.717, 1.165) is 19.9 Å². The summed E-state index contributed by atoms with van der Waals surface area (Å²) < 4.78 is 5.82. The van der Waals surface area contributed by atoms with Gasteiger partial charge in [-0.3, -0.25) is 0 Å². The number of nitrogens with zero attached hydrogens (tertiary/aromatic N) is 1. The Labute approximate surface area is 123 Å². The zero-order valence-corrected chi connectivity index (χ0v) is 12.3. The SMILES string of the molecule is COC(=O)c1cc(I)cc2cc3ccccc3nc12. The topological polar surface area (TPSA) is 39.2 Å². The van der Waals surface area contributed by atoms with Gasteiger partial charge in [-0.15, -0.1) is 0 Å². The second-order valence-corrected chi connectivity index (χ2v) is 5.44. The van der Waals surface area contributed by atoms with Crippen molar-refractivity contribution in [1.82, 2.24) is 4.98 Å². The first kappa shape index (κ1) is 12.3. The average molecular weight is 363 g/mol. The van der Waals surface area contributed by atoms with Crippen molar-refractivity contribution in [3.63, 3.8) is 0 Å². The smallest absolute Gasteiger partial charge is 0.340 e. The molecule has 0 aliphatic carbocycles. The molecule has 0 unspecified atom stereocenters. The Hall–Kier alpha value is -1.69. The first-order valence-electron chi connectivity index (χ1n) is 5.76. The lowest BCUT2D eigenvalue weighted by Crippen LogP contribution is -2.03. The van der Waals surface area contributed by atoms with E-state index in [1.165, 1.54) is 7.11 Å². The number of hydrogen-bond acceptors (Lipinski definition) is 3. The molecule has 0 saturated heterocycles. The molecule has 0 atom stereocenters. The molecule has 3 nitrogen and oxygen atoms in total. The fourth-order valence-electron chi connectivity index (χ4n) is 2.12. The lowest BCUT2D eigenvalue weighted by molar-refractivity contribution is 0.0602. The van der Waals surface area contributed by atoms with Crippen molar-refractivity contribution in [1.29, 1.82) is 0 Å². The zero-order chi connectivity index (χ0) is 13.4. The minimum absolute atomic E-state index is 0.355. The molecule has 2 aromatic carbocycles. The summed E-state index contributed by atoms with van der Waals surface area (Å²) >= 11 is 2.19. The van der Waals surface area contributed by atoms with E-state index < -0.39 is 0 Å². The third-order valence-corrected chi connectivity index (χ3v) is 3.61. The summed E-state index contributed by atoms with van der Waals surface area (Å²) in [6, 6.07) is 13.7. The van der Waals surface area contributed by atoms with Gasteiger partial charge in [0.2, 0.25) is 0 Å². The van der Waals surface area contributed by atoms with E-state index in [0.29, 0.717) is 11.1 Å². The molecule has 1 heterocycles. The van der Waals surface area contributed by atoms with Crippen LogP contribution in [0.4, 0.5) is 0 Å². The third kappa shape index (κ3) is 2.16. The van der Waals surface area contributed by atoms with Crippen LogP contribution in [0.3, 0.4) is 0 Å². The number of hydrogen-bond donors (Lipinski definition) is 0. The summed E-state index contributed by atoms with van der Waals surface area (Å²) in [5, 5.41) is 2.01. The van der Waals surface area contributed by atoms with Crippen LogP contribution in [-0.4, -0.2) is 18.1 Å². The average Bonchev–Trinajstić information content (AvgIpc) is 2.43. The first-order valence-corrected chi connectivity index (χ1v) is 6.84. The first-order chi connectivity index (χ1) is 9.19. The van der Waals surface area contributed by atoms with E-state index in [1.807, 2.05) is 36.4 Å². The number of para-hydroxylation sites is 1. The van der Waals surface area contributed by atoms with Crippen molar-refractivity contribution in [3.8, 4) is 0 Å². The highest BCUT2D eigenvalue weighted by Gasteiger charge is 2.13. The monoisotopic (exact) mass is 363 g/mol. The summed E-state index contributed by atoms with van der Waals surface area (Å²) in [5.41, 5.74) is 2.07. The normalized spacial score (nSPS) is 10.8. The van der Waals surface area contributed by atoms with E-state index in [2.05, 4.69) is 27.6 Å². The molecule has 4 heteroatoms. The van der Waals surface area contributed by atoms with Gasteiger partial charge in [-0.1, -0.05) is 18.2 Å². The molecule has 1 aromatic heterocycles. The van der Waals surface area contributed by atoms with E-state index in [4.69, 9.17) is 4.74 Å². The molecule has 0 N–H and O–H groups in total. The van der Waals surface area contributed by atoms with Crippen LogP contribution in [0.2, 0.25) is 0 Å². The van der Waals surface area contributed by atoms with E-state index >= 15 is 0 Å². The highest BCUT2D eigenvalue weighted by Crippen LogP contribution is 2.25. The van der Waals surface area contributed by atoms with Crippen LogP contribution < -0.4 is 0 Å². The number of carbonyl (C=O) groups excluding carboxylic acids is 1. The molecule has 0 radical (unpaired) electrons. The van der Waals surface area contributed by atoms with Crippen LogP contribution in [0.5, 0.6) is 0 Å². The maximum absolute atomic E-state index is 11.9. The van der Waals surface area contributed by atoms with Crippen molar-refractivity contribution >= 4 is 50.4 Å². The van der Waals surface area contributed by atoms with Gasteiger partial charge >= 0.3 is 5.97 Å². The number of rotatable bonds is 1. The van der Waals surface area contributed by atoms with E-state index in [9.17, 15) is 4.79 Å². The number of pyridine rings is 1. The second-order valence-electron chi connectivity index (χ2n) is 4.20. The number of fused-ring (bicyclic) bond motifs is 2. The zero-order valence-electron chi connectivity index (χ0n) is 10.2. The van der Waals surface area contributed by atoms with Gasteiger partial charge in [-0.25, -0.2) is 9.78 Å². The number of methoxy groups -OCH3 is 1.